The molecule has 4 heterocycles. The van der Waals surface area contributed by atoms with Crippen LogP contribution in [0, 0.1) is 6.92 Å². The summed E-state index contributed by atoms with van der Waals surface area (Å²) < 4.78 is 1.64. The lowest BCUT2D eigenvalue weighted by Gasteiger charge is -2.23. The van der Waals surface area contributed by atoms with Crippen molar-refractivity contribution in [1.82, 2.24) is 19.7 Å². The van der Waals surface area contributed by atoms with E-state index in [1.807, 2.05) is 36.1 Å². The van der Waals surface area contributed by atoms with Gasteiger partial charge in [-0.3, -0.25) is 14.3 Å². The van der Waals surface area contributed by atoms with Crippen molar-refractivity contribution in [1.29, 1.82) is 0 Å². The molecule has 1 fully saturated rings. The van der Waals surface area contributed by atoms with Gasteiger partial charge in [0.2, 0.25) is 5.91 Å². The number of nitrogens with zero attached hydrogens (tertiary/aromatic N) is 4. The number of aromatic nitrogens is 3. The first kappa shape index (κ1) is 18.4. The number of carbonyl (C=O) groups is 2. The van der Waals surface area contributed by atoms with Crippen molar-refractivity contribution in [2.75, 3.05) is 11.9 Å². The molecule has 3 aromatic heterocycles. The van der Waals surface area contributed by atoms with Gasteiger partial charge in [0.1, 0.15) is 12.4 Å². The van der Waals surface area contributed by atoms with Crippen molar-refractivity contribution < 1.29 is 9.59 Å². The van der Waals surface area contributed by atoms with Crippen LogP contribution in [0.15, 0.2) is 48.9 Å². The summed E-state index contributed by atoms with van der Waals surface area (Å²) in [6.45, 7) is 2.92. The number of nitrogens with one attached hydrogen (secondary N) is 1. The molecule has 1 saturated heterocycles. The van der Waals surface area contributed by atoms with Gasteiger partial charge in [0.25, 0.3) is 5.91 Å². The Morgan fingerprint density at radius 2 is 2.18 bits per heavy atom. The van der Waals surface area contributed by atoms with Gasteiger partial charge < -0.3 is 10.2 Å². The molecule has 1 aliphatic rings. The van der Waals surface area contributed by atoms with Crippen LogP contribution in [0.2, 0.25) is 0 Å². The lowest BCUT2D eigenvalue weighted by molar-refractivity contribution is -0.132. The Bertz CT molecular complexity index is 965. The molecule has 0 unspecified atom stereocenters. The van der Waals surface area contributed by atoms with Crippen LogP contribution in [0.4, 0.5) is 5.82 Å². The standard InChI is InChI=1S/C20H21N5O2S/c1-14-5-8-18(21-12-14)23-20(27)17-7-6-16(28-17)15-4-2-11-25(15)19(26)13-24-10-3-9-22-24/h3,5-10,12,15H,2,4,11,13H2,1H3,(H,21,23,27)/t15-/m0/s1. The molecule has 0 aromatic carbocycles. The van der Waals surface area contributed by atoms with Crippen LogP contribution >= 0.6 is 11.3 Å². The van der Waals surface area contributed by atoms with Crippen LogP contribution in [0.25, 0.3) is 0 Å². The molecule has 1 aliphatic heterocycles. The van der Waals surface area contributed by atoms with Gasteiger partial charge >= 0.3 is 0 Å². The molecule has 1 atom stereocenters. The lowest BCUT2D eigenvalue weighted by atomic mass is 10.2. The van der Waals surface area contributed by atoms with Crippen molar-refractivity contribution >= 4 is 29.0 Å². The molecule has 8 heteroatoms. The molecule has 0 aliphatic carbocycles. The molecule has 0 radical (unpaired) electrons. The molecule has 28 heavy (non-hydrogen) atoms. The minimum atomic E-state index is -0.181. The first-order valence-electron chi connectivity index (χ1n) is 9.21. The third kappa shape index (κ3) is 3.96. The van der Waals surface area contributed by atoms with Crippen LogP contribution in [0.3, 0.4) is 0 Å². The molecule has 0 spiro atoms. The molecule has 144 valence electrons. The monoisotopic (exact) mass is 395 g/mol. The van der Waals surface area contributed by atoms with E-state index in [2.05, 4.69) is 15.4 Å². The summed E-state index contributed by atoms with van der Waals surface area (Å²) in [7, 11) is 0. The third-order valence-corrected chi connectivity index (χ3v) is 5.95. The van der Waals surface area contributed by atoms with E-state index in [4.69, 9.17) is 0 Å². The number of hydrogen-bond acceptors (Lipinski definition) is 5. The highest BCUT2D eigenvalue weighted by atomic mass is 32.1. The molecule has 2 amide bonds. The lowest BCUT2D eigenvalue weighted by Crippen LogP contribution is -2.33. The van der Waals surface area contributed by atoms with E-state index in [-0.39, 0.29) is 24.4 Å². The first-order valence-corrected chi connectivity index (χ1v) is 10.0. The summed E-state index contributed by atoms with van der Waals surface area (Å²) in [6, 6.07) is 9.29. The second kappa shape index (κ2) is 7.93. The number of amides is 2. The Morgan fingerprint density at radius 3 is 2.93 bits per heavy atom. The van der Waals surface area contributed by atoms with Gasteiger partial charge in [-0.05, 0) is 49.6 Å². The average molecular weight is 395 g/mol. The summed E-state index contributed by atoms with van der Waals surface area (Å²) in [6.07, 6.45) is 7.04. The predicted molar refractivity (Wildman–Crippen MR) is 107 cm³/mol. The molecule has 1 N–H and O–H groups in total. The molecule has 0 saturated carbocycles. The molecule has 4 rings (SSSR count). The fourth-order valence-corrected chi connectivity index (χ4v) is 4.41. The highest BCUT2D eigenvalue weighted by Gasteiger charge is 2.31. The second-order valence-corrected chi connectivity index (χ2v) is 7.94. The molecular formula is C20H21N5O2S. The second-order valence-electron chi connectivity index (χ2n) is 6.83. The molecule has 3 aromatic rings. The van der Waals surface area contributed by atoms with Gasteiger partial charge in [0, 0.05) is 30.0 Å². The number of thiophene rings is 1. The maximum Gasteiger partial charge on any atom is 0.266 e. The summed E-state index contributed by atoms with van der Waals surface area (Å²) in [4.78, 5) is 33.0. The Kier molecular flexibility index (Phi) is 5.21. The normalized spacial score (nSPS) is 16.3. The van der Waals surface area contributed by atoms with Crippen LogP contribution in [-0.4, -0.2) is 38.0 Å². The minimum absolute atomic E-state index is 0.0205. The van der Waals surface area contributed by atoms with Crippen molar-refractivity contribution in [2.24, 2.45) is 0 Å². The fraction of sp³-hybridized carbons (Fsp3) is 0.300. The number of likely N-dealkylation sites (tertiary alicyclic amines) is 1. The summed E-state index contributed by atoms with van der Waals surface area (Å²) >= 11 is 1.43. The zero-order valence-corrected chi connectivity index (χ0v) is 16.4. The highest BCUT2D eigenvalue weighted by Crippen LogP contribution is 2.36. The van der Waals surface area contributed by atoms with Gasteiger partial charge in [-0.15, -0.1) is 11.3 Å². The quantitative estimate of drug-likeness (QED) is 0.719. The Balaban J connectivity index is 1.44. The van der Waals surface area contributed by atoms with Crippen molar-refractivity contribution in [2.45, 2.75) is 32.4 Å². The van der Waals surface area contributed by atoms with E-state index < -0.39 is 0 Å². The zero-order chi connectivity index (χ0) is 19.5. The predicted octanol–water partition coefficient (Wildman–Crippen LogP) is 3.26. The summed E-state index contributed by atoms with van der Waals surface area (Å²) in [5.74, 6) is 0.400. The van der Waals surface area contributed by atoms with E-state index >= 15 is 0 Å². The van der Waals surface area contributed by atoms with Crippen LogP contribution in [0.5, 0.6) is 0 Å². The van der Waals surface area contributed by atoms with E-state index in [1.54, 1.807) is 29.3 Å². The largest absolute Gasteiger partial charge is 0.333 e. The van der Waals surface area contributed by atoms with Crippen molar-refractivity contribution in [3.05, 3.63) is 64.2 Å². The Morgan fingerprint density at radius 1 is 1.29 bits per heavy atom. The number of carbonyl (C=O) groups excluding carboxylic acids is 2. The summed E-state index contributed by atoms with van der Waals surface area (Å²) in [5.41, 5.74) is 1.04. The van der Waals surface area contributed by atoms with Gasteiger partial charge in [-0.25, -0.2) is 4.98 Å². The topological polar surface area (TPSA) is 80.1 Å². The van der Waals surface area contributed by atoms with Crippen LogP contribution in [-0.2, 0) is 11.3 Å². The average Bonchev–Trinajstić information content (AvgIpc) is 3.44. The van der Waals surface area contributed by atoms with E-state index in [1.165, 1.54) is 11.3 Å². The van der Waals surface area contributed by atoms with Gasteiger partial charge in [-0.1, -0.05) is 6.07 Å². The maximum atomic E-state index is 12.7. The smallest absolute Gasteiger partial charge is 0.266 e. The maximum absolute atomic E-state index is 12.7. The highest BCUT2D eigenvalue weighted by molar-refractivity contribution is 7.14. The van der Waals surface area contributed by atoms with E-state index in [0.29, 0.717) is 10.7 Å². The third-order valence-electron chi connectivity index (χ3n) is 4.76. The Hall–Kier alpha value is -3.00. The van der Waals surface area contributed by atoms with Gasteiger partial charge in [0.05, 0.1) is 10.9 Å². The van der Waals surface area contributed by atoms with Crippen LogP contribution < -0.4 is 5.32 Å². The number of anilines is 1. The number of rotatable bonds is 5. The van der Waals surface area contributed by atoms with Gasteiger partial charge in [-0.2, -0.15) is 5.10 Å². The molecule has 7 nitrogen and oxygen atoms in total. The zero-order valence-electron chi connectivity index (χ0n) is 15.5. The Labute approximate surface area is 167 Å². The molecule has 0 bridgehead atoms. The number of hydrogen-bond donors (Lipinski definition) is 1. The van der Waals surface area contributed by atoms with Gasteiger partial charge in [0.15, 0.2) is 0 Å². The van der Waals surface area contributed by atoms with E-state index in [9.17, 15) is 9.59 Å². The van der Waals surface area contributed by atoms with Crippen LogP contribution in [0.1, 0.15) is 39.0 Å². The number of pyridine rings is 1. The summed E-state index contributed by atoms with van der Waals surface area (Å²) in [5, 5.41) is 6.93. The SMILES string of the molecule is Cc1ccc(NC(=O)c2ccc([C@@H]3CCCN3C(=O)Cn3cccn3)s2)nc1. The van der Waals surface area contributed by atoms with Crippen molar-refractivity contribution in [3.63, 3.8) is 0 Å². The minimum Gasteiger partial charge on any atom is -0.333 e. The first-order chi connectivity index (χ1) is 13.6. The molecular weight excluding hydrogens is 374 g/mol. The van der Waals surface area contributed by atoms with E-state index in [0.717, 1.165) is 29.8 Å². The fourth-order valence-electron chi connectivity index (χ4n) is 3.36. The number of aryl methyl sites for hydroxylation is 1. The van der Waals surface area contributed by atoms with Crippen molar-refractivity contribution in [3.8, 4) is 0 Å².